The van der Waals surface area contributed by atoms with Gasteiger partial charge in [-0.3, -0.25) is 9.59 Å². The van der Waals surface area contributed by atoms with Crippen molar-refractivity contribution < 1.29 is 9.59 Å². The number of hydrogen-bond acceptors (Lipinski definition) is 6. The highest BCUT2D eigenvalue weighted by atomic mass is 32.1. The lowest BCUT2D eigenvalue weighted by Crippen LogP contribution is -2.32. The predicted octanol–water partition coefficient (Wildman–Crippen LogP) is 1.55. The molecule has 0 radical (unpaired) electrons. The van der Waals surface area contributed by atoms with E-state index < -0.39 is 0 Å². The van der Waals surface area contributed by atoms with Gasteiger partial charge in [-0.2, -0.15) is 0 Å². The topological polar surface area (TPSA) is 88.1 Å². The fraction of sp³-hybridized carbons (Fsp3) is 0.400. The van der Waals surface area contributed by atoms with Gasteiger partial charge in [0.1, 0.15) is 5.69 Å². The van der Waals surface area contributed by atoms with Crippen molar-refractivity contribution in [2.24, 2.45) is 0 Å². The molecule has 0 unspecified atom stereocenters. The molecule has 7 nitrogen and oxygen atoms in total. The molecule has 1 aliphatic heterocycles. The summed E-state index contributed by atoms with van der Waals surface area (Å²) in [6.07, 6.45) is 3.42. The van der Waals surface area contributed by atoms with E-state index in [2.05, 4.69) is 20.3 Å². The predicted molar refractivity (Wildman–Crippen MR) is 84.7 cm³/mol. The van der Waals surface area contributed by atoms with Crippen LogP contribution in [-0.2, 0) is 11.3 Å². The zero-order chi connectivity index (χ0) is 16.2. The lowest BCUT2D eigenvalue weighted by atomic mass is 10.2. The van der Waals surface area contributed by atoms with Crippen molar-refractivity contribution >= 4 is 23.2 Å². The van der Waals surface area contributed by atoms with E-state index in [-0.39, 0.29) is 17.9 Å². The highest BCUT2D eigenvalue weighted by Crippen LogP contribution is 2.31. The minimum Gasteiger partial charge on any atom is -0.351 e. The molecular weight excluding hydrogens is 314 g/mol. The molecule has 1 saturated heterocycles. The van der Waals surface area contributed by atoms with Gasteiger partial charge in [0.05, 0.1) is 23.8 Å². The van der Waals surface area contributed by atoms with E-state index in [1.54, 1.807) is 28.1 Å². The van der Waals surface area contributed by atoms with Gasteiger partial charge in [-0.1, -0.05) is 0 Å². The molecule has 0 bridgehead atoms. The van der Waals surface area contributed by atoms with Crippen LogP contribution < -0.4 is 5.32 Å². The second-order valence-electron chi connectivity index (χ2n) is 5.35. The molecule has 8 heteroatoms. The Morgan fingerprint density at radius 1 is 1.43 bits per heavy atom. The van der Waals surface area contributed by atoms with Crippen LogP contribution >= 0.6 is 11.3 Å². The third-order valence-corrected chi connectivity index (χ3v) is 4.30. The maximum absolute atomic E-state index is 12.5. The number of rotatable bonds is 4. The molecule has 3 rings (SSSR count). The van der Waals surface area contributed by atoms with Gasteiger partial charge in [0.15, 0.2) is 5.82 Å². The van der Waals surface area contributed by atoms with Gasteiger partial charge < -0.3 is 10.2 Å². The highest BCUT2D eigenvalue weighted by Gasteiger charge is 2.33. The SMILES string of the molecule is CC(=O)NCc1ccnc([C@@H]2CCCN2C(=O)c2cscn2)n1. The third kappa shape index (κ3) is 3.53. The first-order valence-corrected chi connectivity index (χ1v) is 8.35. The third-order valence-electron chi connectivity index (χ3n) is 3.71. The molecule has 1 aliphatic rings. The van der Waals surface area contributed by atoms with Gasteiger partial charge in [0.2, 0.25) is 5.91 Å². The van der Waals surface area contributed by atoms with Crippen molar-refractivity contribution in [1.82, 2.24) is 25.2 Å². The Kier molecular flexibility index (Phi) is 4.61. The molecule has 2 aromatic heterocycles. The van der Waals surface area contributed by atoms with Crippen molar-refractivity contribution in [3.63, 3.8) is 0 Å². The van der Waals surface area contributed by atoms with Gasteiger partial charge in [-0.15, -0.1) is 11.3 Å². The Morgan fingerprint density at radius 2 is 2.30 bits per heavy atom. The fourth-order valence-corrected chi connectivity index (χ4v) is 3.16. The molecule has 23 heavy (non-hydrogen) atoms. The summed E-state index contributed by atoms with van der Waals surface area (Å²) in [7, 11) is 0. The minimum atomic E-state index is -0.138. The van der Waals surface area contributed by atoms with Gasteiger partial charge in [-0.05, 0) is 18.9 Å². The van der Waals surface area contributed by atoms with Crippen LogP contribution in [0.1, 0.15) is 47.8 Å². The van der Waals surface area contributed by atoms with Gasteiger partial charge >= 0.3 is 0 Å². The van der Waals surface area contributed by atoms with Crippen LogP contribution in [0.15, 0.2) is 23.2 Å². The van der Waals surface area contributed by atoms with E-state index in [4.69, 9.17) is 0 Å². The van der Waals surface area contributed by atoms with Crippen LogP contribution in [0.4, 0.5) is 0 Å². The van der Waals surface area contributed by atoms with Crippen molar-refractivity contribution in [1.29, 1.82) is 0 Å². The maximum atomic E-state index is 12.5. The number of carbonyl (C=O) groups is 2. The summed E-state index contributed by atoms with van der Waals surface area (Å²) in [5.41, 5.74) is 2.86. The largest absolute Gasteiger partial charge is 0.351 e. The zero-order valence-electron chi connectivity index (χ0n) is 12.7. The second-order valence-corrected chi connectivity index (χ2v) is 6.06. The molecular formula is C15H17N5O2S. The first kappa shape index (κ1) is 15.5. The summed E-state index contributed by atoms with van der Waals surface area (Å²) in [5.74, 6) is 0.435. The molecule has 0 saturated carbocycles. The molecule has 120 valence electrons. The maximum Gasteiger partial charge on any atom is 0.273 e. The first-order valence-electron chi connectivity index (χ1n) is 7.40. The Bertz CT molecular complexity index is 704. The summed E-state index contributed by atoms with van der Waals surface area (Å²) in [5, 5.41) is 4.47. The lowest BCUT2D eigenvalue weighted by molar-refractivity contribution is -0.119. The summed E-state index contributed by atoms with van der Waals surface area (Å²) in [6, 6.07) is 1.63. The summed E-state index contributed by atoms with van der Waals surface area (Å²) in [6.45, 7) is 2.51. The van der Waals surface area contributed by atoms with Gasteiger partial charge in [0, 0.05) is 25.0 Å². The highest BCUT2D eigenvalue weighted by molar-refractivity contribution is 7.07. The number of nitrogens with zero attached hydrogens (tertiary/aromatic N) is 4. The van der Waals surface area contributed by atoms with Crippen molar-refractivity contribution in [2.75, 3.05) is 6.54 Å². The number of likely N-dealkylation sites (tertiary alicyclic amines) is 1. The Hall–Kier alpha value is -2.35. The Balaban J connectivity index is 1.78. The quantitative estimate of drug-likeness (QED) is 0.918. The number of amides is 2. The molecule has 0 aliphatic carbocycles. The molecule has 0 aromatic carbocycles. The molecule has 1 fully saturated rings. The van der Waals surface area contributed by atoms with E-state index in [9.17, 15) is 9.59 Å². The Morgan fingerprint density at radius 3 is 3.04 bits per heavy atom. The summed E-state index contributed by atoms with van der Waals surface area (Å²) < 4.78 is 0. The van der Waals surface area contributed by atoms with Gasteiger partial charge in [0.25, 0.3) is 5.91 Å². The van der Waals surface area contributed by atoms with Crippen LogP contribution in [0.2, 0.25) is 0 Å². The van der Waals surface area contributed by atoms with Crippen molar-refractivity contribution in [3.05, 3.63) is 40.4 Å². The standard InChI is InChI=1S/C15H17N5O2S/c1-10(21)17-7-11-4-5-16-14(19-11)13-3-2-6-20(13)15(22)12-8-23-9-18-12/h4-5,8-9,13H,2-3,6-7H2,1H3,(H,17,21)/t13-/m0/s1. The lowest BCUT2D eigenvalue weighted by Gasteiger charge is -2.23. The minimum absolute atomic E-state index is 0.0791. The van der Waals surface area contributed by atoms with Crippen molar-refractivity contribution in [2.45, 2.75) is 32.4 Å². The number of nitrogens with one attached hydrogen (secondary N) is 1. The van der Waals surface area contributed by atoms with Crippen LogP contribution in [0.3, 0.4) is 0 Å². The van der Waals surface area contributed by atoms with Crippen LogP contribution in [0, 0.1) is 0 Å². The molecule has 0 spiro atoms. The summed E-state index contributed by atoms with van der Waals surface area (Å²) >= 11 is 1.41. The van der Waals surface area contributed by atoms with Crippen LogP contribution in [0.5, 0.6) is 0 Å². The molecule has 3 heterocycles. The number of hydrogen-bond donors (Lipinski definition) is 1. The van der Waals surface area contributed by atoms with Crippen molar-refractivity contribution in [3.8, 4) is 0 Å². The fourth-order valence-electron chi connectivity index (χ4n) is 2.63. The molecule has 1 atom stereocenters. The zero-order valence-corrected chi connectivity index (χ0v) is 13.5. The van der Waals surface area contributed by atoms with E-state index in [0.717, 1.165) is 18.5 Å². The Labute approximate surface area is 137 Å². The van der Waals surface area contributed by atoms with Crippen LogP contribution in [0.25, 0.3) is 0 Å². The van der Waals surface area contributed by atoms with E-state index >= 15 is 0 Å². The van der Waals surface area contributed by atoms with Crippen LogP contribution in [-0.4, -0.2) is 38.2 Å². The number of aromatic nitrogens is 3. The monoisotopic (exact) mass is 331 g/mol. The van der Waals surface area contributed by atoms with Gasteiger partial charge in [-0.25, -0.2) is 15.0 Å². The first-order chi connectivity index (χ1) is 11.1. The number of carbonyl (C=O) groups excluding carboxylic acids is 2. The second kappa shape index (κ2) is 6.82. The average molecular weight is 331 g/mol. The average Bonchev–Trinajstić information content (AvgIpc) is 3.23. The number of thiazole rings is 1. The van der Waals surface area contributed by atoms with E-state index in [1.807, 2.05) is 0 Å². The summed E-state index contributed by atoms with van der Waals surface area (Å²) in [4.78, 5) is 38.3. The molecule has 2 amide bonds. The normalized spacial score (nSPS) is 17.3. The molecule has 1 N–H and O–H groups in total. The van der Waals surface area contributed by atoms with E-state index in [1.165, 1.54) is 18.3 Å². The molecule has 2 aromatic rings. The smallest absolute Gasteiger partial charge is 0.273 e. The van der Waals surface area contributed by atoms with E-state index in [0.29, 0.717) is 24.6 Å².